The van der Waals surface area contributed by atoms with Crippen LogP contribution in [0, 0.1) is 15.7 Å². The van der Waals surface area contributed by atoms with Gasteiger partial charge < -0.3 is 0 Å². The Bertz CT molecular complexity index is 440. The molecular weight excluding hydrogens is 317 g/mol. The Labute approximate surface area is 108 Å². The molecule has 3 rings (SSSR count). The zero-order chi connectivity index (χ0) is 11.4. The summed E-state index contributed by atoms with van der Waals surface area (Å²) in [7, 11) is 0. The number of carbonyl (C=O) groups excluding carboxylic acids is 1. The largest absolute Gasteiger partial charge is 0.300 e. The molecule has 1 aromatic rings. The van der Waals surface area contributed by atoms with Crippen molar-refractivity contribution in [3.63, 3.8) is 0 Å². The van der Waals surface area contributed by atoms with Gasteiger partial charge in [0.15, 0.2) is 0 Å². The second kappa shape index (κ2) is 3.51. The van der Waals surface area contributed by atoms with Gasteiger partial charge in [0.2, 0.25) is 3.83 Å². The van der Waals surface area contributed by atoms with Crippen LogP contribution < -0.4 is 0 Å². The molecule has 2 saturated carbocycles. The van der Waals surface area contributed by atoms with Crippen molar-refractivity contribution in [1.29, 1.82) is 0 Å². The number of ketones is 1. The predicted molar refractivity (Wildman–Crippen MR) is 67.1 cm³/mol. The minimum Gasteiger partial charge on any atom is -0.300 e. The average molecular weight is 331 g/mol. The van der Waals surface area contributed by atoms with Crippen LogP contribution in [0.5, 0.6) is 0 Å². The number of halogens is 1. The van der Waals surface area contributed by atoms with E-state index in [9.17, 15) is 4.79 Å². The SMILES string of the molecule is CC(C)n1nc(I)nc1C1[C@H]2CC(=O)C[C@@H]12. The van der Waals surface area contributed by atoms with Crippen molar-refractivity contribution in [2.75, 3.05) is 0 Å². The molecule has 2 fully saturated rings. The Balaban J connectivity index is 1.89. The smallest absolute Gasteiger partial charge is 0.211 e. The fraction of sp³-hybridized carbons (Fsp3) is 0.727. The third-order valence-electron chi connectivity index (χ3n) is 3.68. The first kappa shape index (κ1) is 10.7. The van der Waals surface area contributed by atoms with E-state index in [0.29, 0.717) is 29.6 Å². The third kappa shape index (κ3) is 1.51. The monoisotopic (exact) mass is 331 g/mol. The van der Waals surface area contributed by atoms with Crippen molar-refractivity contribution in [2.45, 2.75) is 38.6 Å². The zero-order valence-electron chi connectivity index (χ0n) is 9.35. The van der Waals surface area contributed by atoms with Gasteiger partial charge in [-0.05, 0) is 25.7 Å². The van der Waals surface area contributed by atoms with Crippen LogP contribution in [0.15, 0.2) is 0 Å². The molecule has 16 heavy (non-hydrogen) atoms. The van der Waals surface area contributed by atoms with Crippen molar-refractivity contribution in [1.82, 2.24) is 14.8 Å². The Morgan fingerprint density at radius 3 is 2.56 bits per heavy atom. The number of aromatic nitrogens is 3. The van der Waals surface area contributed by atoms with E-state index in [-0.39, 0.29) is 0 Å². The standard InChI is InChI=1S/C11H14IN3O/c1-5(2)15-10(13-11(12)14-15)9-7-3-6(16)4-8(7)9/h5,7-9H,3-4H2,1-2H3/t7-,8+,9?. The van der Waals surface area contributed by atoms with Crippen LogP contribution >= 0.6 is 22.6 Å². The van der Waals surface area contributed by atoms with Crippen molar-refractivity contribution >= 4 is 28.4 Å². The van der Waals surface area contributed by atoms with E-state index in [1.807, 2.05) is 4.68 Å². The van der Waals surface area contributed by atoms with Crippen LogP contribution in [0.25, 0.3) is 0 Å². The molecule has 86 valence electrons. The first-order valence-electron chi connectivity index (χ1n) is 5.71. The third-order valence-corrected chi connectivity index (χ3v) is 4.13. The summed E-state index contributed by atoms with van der Waals surface area (Å²) in [6.07, 6.45) is 1.52. The predicted octanol–water partition coefficient (Wildman–Crippen LogP) is 2.16. The summed E-state index contributed by atoms with van der Waals surface area (Å²) >= 11 is 2.16. The van der Waals surface area contributed by atoms with Crippen LogP contribution in [-0.4, -0.2) is 20.5 Å². The van der Waals surface area contributed by atoms with Crippen LogP contribution in [-0.2, 0) is 4.79 Å². The van der Waals surface area contributed by atoms with Gasteiger partial charge >= 0.3 is 0 Å². The highest BCUT2D eigenvalue weighted by molar-refractivity contribution is 14.1. The lowest BCUT2D eigenvalue weighted by atomic mass is 10.1. The zero-order valence-corrected chi connectivity index (χ0v) is 11.5. The molecule has 1 heterocycles. The minimum atomic E-state index is 0.350. The van der Waals surface area contributed by atoms with E-state index in [2.05, 4.69) is 46.5 Å². The molecule has 2 aliphatic carbocycles. The summed E-state index contributed by atoms with van der Waals surface area (Å²) in [6.45, 7) is 4.25. The Morgan fingerprint density at radius 2 is 2.00 bits per heavy atom. The number of rotatable bonds is 2. The van der Waals surface area contributed by atoms with E-state index in [4.69, 9.17) is 0 Å². The first-order chi connectivity index (χ1) is 7.58. The lowest BCUT2D eigenvalue weighted by Crippen LogP contribution is -2.10. The quantitative estimate of drug-likeness (QED) is 0.781. The number of hydrogen-bond acceptors (Lipinski definition) is 3. The maximum atomic E-state index is 11.2. The van der Waals surface area contributed by atoms with Gasteiger partial charge in [0.1, 0.15) is 11.6 Å². The molecule has 0 aromatic carbocycles. The van der Waals surface area contributed by atoms with E-state index >= 15 is 0 Å². The molecule has 2 aliphatic rings. The van der Waals surface area contributed by atoms with Crippen molar-refractivity contribution in [3.05, 3.63) is 9.66 Å². The molecule has 0 aliphatic heterocycles. The molecular formula is C11H14IN3O. The van der Waals surface area contributed by atoms with E-state index in [0.717, 1.165) is 22.5 Å². The van der Waals surface area contributed by atoms with Gasteiger partial charge in [0.05, 0.1) is 0 Å². The molecule has 0 N–H and O–H groups in total. The van der Waals surface area contributed by atoms with Gasteiger partial charge in [0.25, 0.3) is 0 Å². The van der Waals surface area contributed by atoms with Gasteiger partial charge in [-0.15, -0.1) is 5.10 Å². The van der Waals surface area contributed by atoms with Crippen LogP contribution in [0.2, 0.25) is 0 Å². The van der Waals surface area contributed by atoms with Crippen LogP contribution in [0.3, 0.4) is 0 Å². The molecule has 1 aromatic heterocycles. The highest BCUT2D eigenvalue weighted by Gasteiger charge is 2.58. The van der Waals surface area contributed by atoms with Gasteiger partial charge in [-0.25, -0.2) is 9.67 Å². The number of fused-ring (bicyclic) bond motifs is 1. The molecule has 5 heteroatoms. The van der Waals surface area contributed by atoms with E-state index in [1.54, 1.807) is 0 Å². The minimum absolute atomic E-state index is 0.350. The molecule has 1 unspecified atom stereocenters. The lowest BCUT2D eigenvalue weighted by Gasteiger charge is -2.09. The number of nitrogens with zero attached hydrogens (tertiary/aromatic N) is 3. The molecule has 4 nitrogen and oxygen atoms in total. The van der Waals surface area contributed by atoms with Crippen molar-refractivity contribution < 1.29 is 4.79 Å². The normalized spacial score (nSPS) is 32.2. The Morgan fingerprint density at radius 1 is 1.38 bits per heavy atom. The molecule has 0 bridgehead atoms. The number of hydrogen-bond donors (Lipinski definition) is 0. The maximum absolute atomic E-state index is 11.2. The summed E-state index contributed by atoms with van der Waals surface area (Å²) in [5, 5.41) is 4.42. The first-order valence-corrected chi connectivity index (χ1v) is 6.79. The van der Waals surface area contributed by atoms with E-state index in [1.165, 1.54) is 0 Å². The van der Waals surface area contributed by atoms with Crippen LogP contribution in [0.1, 0.15) is 44.5 Å². The summed E-state index contributed by atoms with van der Waals surface area (Å²) < 4.78 is 2.84. The van der Waals surface area contributed by atoms with E-state index < -0.39 is 0 Å². The Kier molecular flexibility index (Phi) is 2.35. The summed E-state index contributed by atoms with van der Waals surface area (Å²) in [4.78, 5) is 15.8. The lowest BCUT2D eigenvalue weighted by molar-refractivity contribution is -0.118. The van der Waals surface area contributed by atoms with Crippen molar-refractivity contribution in [3.8, 4) is 0 Å². The fourth-order valence-electron chi connectivity index (χ4n) is 2.91. The summed E-state index contributed by atoms with van der Waals surface area (Å²) in [5.41, 5.74) is 0. The molecule has 0 amide bonds. The highest BCUT2D eigenvalue weighted by atomic mass is 127. The van der Waals surface area contributed by atoms with Gasteiger partial charge in [0, 0.05) is 47.4 Å². The Hall–Kier alpha value is -0.460. The maximum Gasteiger partial charge on any atom is 0.211 e. The number of Topliss-reactive ketones (excluding diaryl/α,β-unsaturated/α-hetero) is 1. The van der Waals surface area contributed by atoms with Crippen LogP contribution in [0.4, 0.5) is 0 Å². The second-order valence-corrected chi connectivity index (χ2v) is 6.04. The molecule has 0 saturated heterocycles. The van der Waals surface area contributed by atoms with Gasteiger partial charge in [-0.1, -0.05) is 0 Å². The van der Waals surface area contributed by atoms with Crippen molar-refractivity contribution in [2.24, 2.45) is 11.8 Å². The average Bonchev–Trinajstić information content (AvgIpc) is 2.60. The molecule has 0 radical (unpaired) electrons. The van der Waals surface area contributed by atoms with Gasteiger partial charge in [-0.3, -0.25) is 4.79 Å². The molecule has 0 spiro atoms. The number of carbonyl (C=O) groups is 1. The highest BCUT2D eigenvalue weighted by Crippen LogP contribution is 2.61. The fourth-order valence-corrected chi connectivity index (χ4v) is 3.39. The molecule has 3 atom stereocenters. The summed E-state index contributed by atoms with van der Waals surface area (Å²) in [6, 6.07) is 0.350. The summed E-state index contributed by atoms with van der Waals surface area (Å²) in [5.74, 6) is 3.14. The second-order valence-electron chi connectivity index (χ2n) is 5.08. The van der Waals surface area contributed by atoms with Gasteiger partial charge in [-0.2, -0.15) is 0 Å². The topological polar surface area (TPSA) is 47.8 Å².